The molecule has 78 valence electrons. The maximum Gasteiger partial charge on any atom is 0.527 e. The van der Waals surface area contributed by atoms with E-state index in [1.54, 1.807) is 0 Å². The third-order valence-corrected chi connectivity index (χ3v) is 1.60. The number of ether oxygens (including phenoxy) is 2. The Balaban J connectivity index is 3.14. The van der Waals surface area contributed by atoms with E-state index in [9.17, 15) is 12.9 Å². The van der Waals surface area contributed by atoms with Gasteiger partial charge in [-0.1, -0.05) is 6.07 Å². The topological polar surface area (TPSA) is 31.4 Å². The fraction of sp³-hybridized carbons (Fsp3) is 0.286. The first-order valence-electron chi connectivity index (χ1n) is 3.78. The van der Waals surface area contributed by atoms with Gasteiger partial charge in [0, 0.05) is 0 Å². The summed E-state index contributed by atoms with van der Waals surface area (Å²) in [5, 5.41) is 0. The van der Waals surface area contributed by atoms with E-state index in [4.69, 9.17) is 4.74 Å². The van der Waals surface area contributed by atoms with Gasteiger partial charge in [-0.15, -0.1) is 0 Å². The minimum absolute atomic E-state index is 0.163. The van der Waals surface area contributed by atoms with E-state index in [1.165, 1.54) is 20.3 Å². The fourth-order valence-corrected chi connectivity index (χ4v) is 0.926. The molecule has 0 spiro atoms. The van der Waals surface area contributed by atoms with Crippen molar-refractivity contribution in [1.29, 1.82) is 0 Å². The average Bonchev–Trinajstić information content (AvgIpc) is 2.15. The number of methoxy groups -OCH3 is 2. The van der Waals surface area contributed by atoms with Gasteiger partial charge >= 0.3 is 6.98 Å². The van der Waals surface area contributed by atoms with E-state index in [1.807, 2.05) is 0 Å². The quantitative estimate of drug-likeness (QED) is 0.695. The summed E-state index contributed by atoms with van der Waals surface area (Å²) in [6, 6.07) is 2.04. The van der Waals surface area contributed by atoms with Gasteiger partial charge in [-0.2, -0.15) is 0 Å². The molecule has 1 heterocycles. The smallest absolute Gasteiger partial charge is 0.491 e. The predicted molar refractivity (Wildman–Crippen MR) is 46.1 cm³/mol. The predicted octanol–water partition coefficient (Wildman–Crippen LogP) is 1.15. The average molecular weight is 206 g/mol. The molecule has 0 atom stereocenters. The molecule has 0 fully saturated rings. The monoisotopic (exact) mass is 206 g/mol. The third kappa shape index (κ3) is 2.10. The molecule has 0 saturated carbocycles. The van der Waals surface area contributed by atoms with Crippen molar-refractivity contribution in [1.82, 2.24) is 4.98 Å². The van der Waals surface area contributed by atoms with Crippen molar-refractivity contribution >= 4 is 12.6 Å². The minimum Gasteiger partial charge on any atom is -0.491 e. The van der Waals surface area contributed by atoms with Crippen LogP contribution in [0.2, 0.25) is 0 Å². The van der Waals surface area contributed by atoms with Crippen molar-refractivity contribution in [2.75, 3.05) is 14.2 Å². The number of hydrogen-bond donors (Lipinski definition) is 0. The van der Waals surface area contributed by atoms with Crippen molar-refractivity contribution in [2.45, 2.75) is 0 Å². The Bertz CT molecular complexity index is 329. The molecule has 14 heavy (non-hydrogen) atoms. The molecule has 3 nitrogen and oxygen atoms in total. The Morgan fingerprint density at radius 2 is 1.79 bits per heavy atom. The van der Waals surface area contributed by atoms with Crippen LogP contribution < -0.4 is 15.1 Å². The second-order valence-electron chi connectivity index (χ2n) is 2.52. The summed E-state index contributed by atoms with van der Waals surface area (Å²) in [6.45, 7) is -5.10. The van der Waals surface area contributed by atoms with Gasteiger partial charge in [-0.05, 0) is 11.7 Å². The summed E-state index contributed by atoms with van der Waals surface area (Å²) in [7, 11) is 2.57. The van der Waals surface area contributed by atoms with Crippen LogP contribution in [0.15, 0.2) is 12.1 Å². The Hall–Kier alpha value is -1.40. The van der Waals surface area contributed by atoms with Crippen LogP contribution in [0.1, 0.15) is 0 Å². The van der Waals surface area contributed by atoms with Gasteiger partial charge in [-0.25, -0.2) is 4.98 Å². The third-order valence-electron chi connectivity index (χ3n) is 1.60. The summed E-state index contributed by atoms with van der Waals surface area (Å²) < 4.78 is 46.1. The molecular formula is C7H8BF3NO2-. The zero-order valence-electron chi connectivity index (χ0n) is 7.63. The molecule has 0 amide bonds. The summed E-state index contributed by atoms with van der Waals surface area (Å²) in [5.74, 6) is 0.0144. The molecule has 0 N–H and O–H groups in total. The lowest BCUT2D eigenvalue weighted by Crippen LogP contribution is -2.36. The minimum atomic E-state index is -5.10. The SMILES string of the molecule is COc1ccc([B-](F)(F)F)nc1OC. The van der Waals surface area contributed by atoms with Gasteiger partial charge in [0.1, 0.15) is 0 Å². The zero-order chi connectivity index (χ0) is 10.8. The van der Waals surface area contributed by atoms with Crippen LogP contribution in [0.3, 0.4) is 0 Å². The lowest BCUT2D eigenvalue weighted by molar-refractivity contribution is 0.343. The Labute approximate surface area is 78.9 Å². The van der Waals surface area contributed by atoms with Gasteiger partial charge in [0.2, 0.25) is 0 Å². The van der Waals surface area contributed by atoms with Crippen LogP contribution in [0.4, 0.5) is 12.9 Å². The van der Waals surface area contributed by atoms with Crippen LogP contribution >= 0.6 is 0 Å². The van der Waals surface area contributed by atoms with E-state index < -0.39 is 12.6 Å². The first-order chi connectivity index (χ1) is 6.49. The van der Waals surface area contributed by atoms with E-state index >= 15 is 0 Å². The zero-order valence-corrected chi connectivity index (χ0v) is 7.63. The Morgan fingerprint density at radius 3 is 2.21 bits per heavy atom. The van der Waals surface area contributed by atoms with E-state index in [-0.39, 0.29) is 11.6 Å². The van der Waals surface area contributed by atoms with Crippen LogP contribution in [0, 0.1) is 0 Å². The largest absolute Gasteiger partial charge is 0.527 e. The van der Waals surface area contributed by atoms with Crippen LogP contribution in [-0.4, -0.2) is 26.2 Å². The number of nitrogens with zero attached hydrogens (tertiary/aromatic N) is 1. The summed E-state index contributed by atoms with van der Waals surface area (Å²) in [5.41, 5.74) is -0.942. The first kappa shape index (κ1) is 10.7. The highest BCUT2D eigenvalue weighted by Crippen LogP contribution is 2.22. The molecule has 0 bridgehead atoms. The molecule has 1 aromatic heterocycles. The molecule has 0 aliphatic carbocycles. The lowest BCUT2D eigenvalue weighted by atomic mass is 9.85. The van der Waals surface area contributed by atoms with Gasteiger partial charge in [0.25, 0.3) is 5.88 Å². The summed E-state index contributed by atoms with van der Waals surface area (Å²) in [6.07, 6.45) is 0. The second kappa shape index (κ2) is 3.77. The van der Waals surface area contributed by atoms with Gasteiger partial charge in [-0.3, -0.25) is 0 Å². The standard InChI is InChI=1S/C7H8BF3NO2/c1-13-5-3-4-6(8(9,10)11)12-7(5)14-2/h3-4H,1-2H3/q-1. The van der Waals surface area contributed by atoms with E-state index in [0.29, 0.717) is 0 Å². The van der Waals surface area contributed by atoms with Gasteiger partial charge in [0.15, 0.2) is 5.75 Å². The van der Waals surface area contributed by atoms with Crippen LogP contribution in [0.25, 0.3) is 0 Å². The molecule has 0 radical (unpaired) electrons. The maximum atomic E-state index is 12.2. The summed E-state index contributed by atoms with van der Waals surface area (Å²) in [4.78, 5) is 3.29. The summed E-state index contributed by atoms with van der Waals surface area (Å²) >= 11 is 0. The maximum absolute atomic E-state index is 12.2. The molecule has 0 aliphatic heterocycles. The van der Waals surface area contributed by atoms with Crippen molar-refractivity contribution in [3.8, 4) is 11.6 Å². The first-order valence-corrected chi connectivity index (χ1v) is 3.78. The highest BCUT2D eigenvalue weighted by atomic mass is 19.4. The van der Waals surface area contributed by atoms with Crippen LogP contribution in [0.5, 0.6) is 11.6 Å². The lowest BCUT2D eigenvalue weighted by Gasteiger charge is -2.15. The second-order valence-corrected chi connectivity index (χ2v) is 2.52. The molecular weight excluding hydrogens is 198 g/mol. The molecule has 1 aromatic rings. The normalized spacial score (nSPS) is 11.2. The molecule has 0 unspecified atom stereocenters. The van der Waals surface area contributed by atoms with Crippen molar-refractivity contribution in [2.24, 2.45) is 0 Å². The van der Waals surface area contributed by atoms with Crippen molar-refractivity contribution in [3.63, 3.8) is 0 Å². The van der Waals surface area contributed by atoms with Crippen molar-refractivity contribution in [3.05, 3.63) is 12.1 Å². The Morgan fingerprint density at radius 1 is 1.14 bits per heavy atom. The van der Waals surface area contributed by atoms with E-state index in [2.05, 4.69) is 9.72 Å². The van der Waals surface area contributed by atoms with E-state index in [0.717, 1.165) is 6.07 Å². The molecule has 1 rings (SSSR count). The highest BCUT2D eigenvalue weighted by Gasteiger charge is 2.28. The molecule has 0 aromatic carbocycles. The number of hydrogen-bond acceptors (Lipinski definition) is 3. The number of pyridine rings is 1. The van der Waals surface area contributed by atoms with Gasteiger partial charge in [0.05, 0.1) is 14.2 Å². The fourth-order valence-electron chi connectivity index (χ4n) is 0.926. The number of aromatic nitrogens is 1. The van der Waals surface area contributed by atoms with Crippen LogP contribution in [-0.2, 0) is 0 Å². The molecule has 0 saturated heterocycles. The van der Waals surface area contributed by atoms with Crippen molar-refractivity contribution < 1.29 is 22.4 Å². The molecule has 7 heteroatoms. The number of halogens is 3. The molecule has 0 aliphatic rings. The number of rotatable bonds is 3. The van der Waals surface area contributed by atoms with Gasteiger partial charge < -0.3 is 22.4 Å². The Kier molecular flexibility index (Phi) is 2.88. The highest BCUT2D eigenvalue weighted by molar-refractivity contribution is 6.72.